The van der Waals surface area contributed by atoms with Crippen molar-refractivity contribution in [3.8, 4) is 11.4 Å². The molecule has 3 nitrogen and oxygen atoms in total. The normalized spacial score (nSPS) is 11.7. The van der Waals surface area contributed by atoms with Crippen LogP contribution in [0.15, 0.2) is 90.2 Å². The Bertz CT molecular complexity index is 961. The molecule has 4 heteroatoms. The van der Waals surface area contributed by atoms with E-state index < -0.39 is 0 Å². The third-order valence-corrected chi connectivity index (χ3v) is 4.17. The maximum Gasteiger partial charge on any atom is 0.200 e. The van der Waals surface area contributed by atoms with Crippen molar-refractivity contribution < 1.29 is 0 Å². The Morgan fingerprint density at radius 2 is 1.54 bits per heavy atom. The highest BCUT2D eigenvalue weighted by molar-refractivity contribution is 9.10. The van der Waals surface area contributed by atoms with Gasteiger partial charge in [0.2, 0.25) is 4.73 Å². The molecule has 0 saturated carbocycles. The van der Waals surface area contributed by atoms with Crippen molar-refractivity contribution in [1.29, 1.82) is 0 Å². The Morgan fingerprint density at radius 3 is 2.19 bits per heavy atom. The van der Waals surface area contributed by atoms with Crippen LogP contribution in [0.4, 0.5) is 0 Å². The SMILES string of the molecule is C=C(/C=C\C(=C/C)c1nc(Br)nc(-c2ccccc2)n1)c1ccccc1. The highest BCUT2D eigenvalue weighted by atomic mass is 79.9. The van der Waals surface area contributed by atoms with Gasteiger partial charge in [0.15, 0.2) is 11.6 Å². The van der Waals surface area contributed by atoms with Crippen LogP contribution in [0, 0.1) is 0 Å². The second kappa shape index (κ2) is 8.50. The molecule has 3 rings (SSSR count). The summed E-state index contributed by atoms with van der Waals surface area (Å²) < 4.78 is 0.510. The summed E-state index contributed by atoms with van der Waals surface area (Å²) in [4.78, 5) is 13.4. The number of rotatable bonds is 5. The predicted molar refractivity (Wildman–Crippen MR) is 111 cm³/mol. The zero-order valence-corrected chi connectivity index (χ0v) is 16.0. The van der Waals surface area contributed by atoms with Crippen LogP contribution >= 0.6 is 15.9 Å². The molecule has 1 heterocycles. The van der Waals surface area contributed by atoms with Crippen molar-refractivity contribution in [2.24, 2.45) is 0 Å². The molecule has 0 aliphatic heterocycles. The lowest BCUT2D eigenvalue weighted by Crippen LogP contribution is -1.99. The van der Waals surface area contributed by atoms with Gasteiger partial charge >= 0.3 is 0 Å². The average Bonchev–Trinajstić information content (AvgIpc) is 2.69. The van der Waals surface area contributed by atoms with Crippen LogP contribution in [0.5, 0.6) is 0 Å². The maximum absolute atomic E-state index is 4.62. The molecule has 0 saturated heterocycles. The fourth-order valence-electron chi connectivity index (χ4n) is 2.43. The minimum atomic E-state index is 0.510. The van der Waals surface area contributed by atoms with Crippen LogP contribution in [-0.4, -0.2) is 15.0 Å². The molecule has 0 spiro atoms. The van der Waals surface area contributed by atoms with E-state index in [0.29, 0.717) is 16.4 Å². The molecule has 26 heavy (non-hydrogen) atoms. The van der Waals surface area contributed by atoms with Crippen molar-refractivity contribution in [3.05, 3.63) is 102 Å². The van der Waals surface area contributed by atoms with Crippen molar-refractivity contribution in [2.75, 3.05) is 0 Å². The quantitative estimate of drug-likeness (QED) is 0.492. The summed E-state index contributed by atoms with van der Waals surface area (Å²) in [7, 11) is 0. The zero-order chi connectivity index (χ0) is 18.4. The minimum absolute atomic E-state index is 0.510. The molecule has 0 N–H and O–H groups in total. The van der Waals surface area contributed by atoms with E-state index in [1.165, 1.54) is 0 Å². The fraction of sp³-hybridized carbons (Fsp3) is 0.0455. The smallest absolute Gasteiger partial charge is 0.200 e. The Kier molecular flexibility index (Phi) is 5.87. The summed E-state index contributed by atoms with van der Waals surface area (Å²) in [6.45, 7) is 6.09. The van der Waals surface area contributed by atoms with Crippen molar-refractivity contribution >= 4 is 27.1 Å². The maximum atomic E-state index is 4.62. The van der Waals surface area contributed by atoms with E-state index in [4.69, 9.17) is 0 Å². The van der Waals surface area contributed by atoms with Crippen LogP contribution in [0.1, 0.15) is 18.3 Å². The van der Waals surface area contributed by atoms with E-state index in [1.807, 2.05) is 85.8 Å². The monoisotopic (exact) mass is 403 g/mol. The Balaban J connectivity index is 1.90. The second-order valence-electron chi connectivity index (χ2n) is 5.59. The summed E-state index contributed by atoms with van der Waals surface area (Å²) in [5, 5.41) is 0. The first-order valence-corrected chi connectivity index (χ1v) is 9.03. The average molecular weight is 404 g/mol. The van der Waals surface area contributed by atoms with Gasteiger partial charge in [0.1, 0.15) is 0 Å². The standard InChI is InChI=1S/C22H18BrN3/c1-3-17(15-14-16(2)18-10-6-4-7-11-18)20-24-21(26-22(23)25-20)19-12-8-5-9-13-19/h3-15H,2H2,1H3/b15-14-,17-3+. The number of hydrogen-bond acceptors (Lipinski definition) is 3. The molecule has 0 radical (unpaired) electrons. The summed E-state index contributed by atoms with van der Waals surface area (Å²) in [6.07, 6.45) is 5.93. The van der Waals surface area contributed by atoms with E-state index in [1.54, 1.807) is 0 Å². The Hall–Kier alpha value is -2.85. The van der Waals surface area contributed by atoms with E-state index >= 15 is 0 Å². The molecular weight excluding hydrogens is 386 g/mol. The Morgan fingerprint density at radius 1 is 0.885 bits per heavy atom. The third kappa shape index (κ3) is 4.41. The highest BCUT2D eigenvalue weighted by Crippen LogP contribution is 2.21. The van der Waals surface area contributed by atoms with Crippen LogP contribution < -0.4 is 0 Å². The second-order valence-corrected chi connectivity index (χ2v) is 6.30. The number of halogens is 1. The van der Waals surface area contributed by atoms with Crippen LogP contribution in [0.3, 0.4) is 0 Å². The molecular formula is C22H18BrN3. The lowest BCUT2D eigenvalue weighted by atomic mass is 10.1. The van der Waals surface area contributed by atoms with Crippen LogP contribution in [-0.2, 0) is 0 Å². The largest absolute Gasteiger partial charge is 0.208 e. The summed E-state index contributed by atoms with van der Waals surface area (Å²) in [5.74, 6) is 1.25. The molecule has 3 aromatic rings. The lowest BCUT2D eigenvalue weighted by molar-refractivity contribution is 0.993. The van der Waals surface area contributed by atoms with Gasteiger partial charge in [0, 0.05) is 11.1 Å². The van der Waals surface area contributed by atoms with Crippen LogP contribution in [0.25, 0.3) is 22.5 Å². The number of hydrogen-bond donors (Lipinski definition) is 0. The zero-order valence-electron chi connectivity index (χ0n) is 14.4. The molecule has 1 aromatic heterocycles. The molecule has 2 aromatic carbocycles. The van der Waals surface area contributed by atoms with Gasteiger partial charge in [-0.05, 0) is 34.0 Å². The molecule has 128 valence electrons. The first kappa shape index (κ1) is 18.0. The molecule has 0 bridgehead atoms. The minimum Gasteiger partial charge on any atom is -0.208 e. The number of nitrogens with zero attached hydrogens (tertiary/aromatic N) is 3. The van der Waals surface area contributed by atoms with Gasteiger partial charge in [-0.1, -0.05) is 85.5 Å². The lowest BCUT2D eigenvalue weighted by Gasteiger charge is -2.06. The van der Waals surface area contributed by atoms with Gasteiger partial charge in [-0.2, -0.15) is 0 Å². The van der Waals surface area contributed by atoms with E-state index in [9.17, 15) is 0 Å². The summed E-state index contributed by atoms with van der Waals surface area (Å²) in [6, 6.07) is 19.9. The summed E-state index contributed by atoms with van der Waals surface area (Å²) in [5.41, 5.74) is 3.87. The molecule has 0 amide bonds. The van der Waals surface area contributed by atoms with E-state index in [0.717, 1.165) is 22.3 Å². The van der Waals surface area contributed by atoms with Gasteiger partial charge in [-0.25, -0.2) is 15.0 Å². The van der Waals surface area contributed by atoms with Crippen molar-refractivity contribution in [3.63, 3.8) is 0 Å². The van der Waals surface area contributed by atoms with Gasteiger partial charge in [-0.3, -0.25) is 0 Å². The molecule has 0 fully saturated rings. The molecule has 0 aliphatic carbocycles. The van der Waals surface area contributed by atoms with Gasteiger partial charge in [0.25, 0.3) is 0 Å². The molecule has 0 atom stereocenters. The molecule has 0 unspecified atom stereocenters. The molecule has 0 aliphatic rings. The predicted octanol–water partition coefficient (Wildman–Crippen LogP) is 5.97. The number of aromatic nitrogens is 3. The number of benzene rings is 2. The van der Waals surface area contributed by atoms with Gasteiger partial charge < -0.3 is 0 Å². The first-order valence-electron chi connectivity index (χ1n) is 8.23. The van der Waals surface area contributed by atoms with E-state index in [2.05, 4.69) is 37.5 Å². The van der Waals surface area contributed by atoms with Crippen molar-refractivity contribution in [2.45, 2.75) is 6.92 Å². The number of allylic oxidation sites excluding steroid dienone is 5. The summed E-state index contributed by atoms with van der Waals surface area (Å²) >= 11 is 3.39. The van der Waals surface area contributed by atoms with Gasteiger partial charge in [-0.15, -0.1) is 0 Å². The topological polar surface area (TPSA) is 38.7 Å². The van der Waals surface area contributed by atoms with Crippen LogP contribution in [0.2, 0.25) is 0 Å². The third-order valence-electron chi connectivity index (χ3n) is 3.82. The van der Waals surface area contributed by atoms with Gasteiger partial charge in [0.05, 0.1) is 0 Å². The van der Waals surface area contributed by atoms with E-state index in [-0.39, 0.29) is 0 Å². The fourth-order valence-corrected chi connectivity index (χ4v) is 2.77. The van der Waals surface area contributed by atoms with Crippen molar-refractivity contribution in [1.82, 2.24) is 15.0 Å². The highest BCUT2D eigenvalue weighted by Gasteiger charge is 2.09. The Labute approximate surface area is 162 Å². The first-order chi connectivity index (χ1) is 12.7.